The predicted octanol–water partition coefficient (Wildman–Crippen LogP) is 2.75. The molecule has 1 unspecified atom stereocenters. The summed E-state index contributed by atoms with van der Waals surface area (Å²) in [5, 5.41) is 33.4. The fraction of sp³-hybridized carbons (Fsp3) is 0.333. The molecule has 1 fully saturated rings. The molecule has 1 saturated carbocycles. The van der Waals surface area contributed by atoms with Gasteiger partial charge in [-0.1, -0.05) is 35.3 Å². The van der Waals surface area contributed by atoms with E-state index in [1.54, 1.807) is 41.1 Å². The minimum absolute atomic E-state index is 0.333. The van der Waals surface area contributed by atoms with Gasteiger partial charge in [-0.3, -0.25) is 0 Å². The van der Waals surface area contributed by atoms with Gasteiger partial charge in [0.1, 0.15) is 23.2 Å². The van der Waals surface area contributed by atoms with Crippen LogP contribution >= 0.6 is 23.2 Å². The van der Waals surface area contributed by atoms with E-state index in [1.165, 1.54) is 6.33 Å². The third kappa shape index (κ3) is 2.88. The van der Waals surface area contributed by atoms with Gasteiger partial charge in [0.2, 0.25) is 0 Å². The molecule has 5 atom stereocenters. The Labute approximate surface area is 159 Å². The molecule has 1 aliphatic carbocycles. The first-order valence-corrected chi connectivity index (χ1v) is 8.99. The summed E-state index contributed by atoms with van der Waals surface area (Å²) in [4.78, 5) is 8.19. The van der Waals surface area contributed by atoms with Crippen LogP contribution in [-0.4, -0.2) is 42.1 Å². The Morgan fingerprint density at radius 1 is 1.04 bits per heavy atom. The molecule has 6 nitrogen and oxygen atoms in total. The van der Waals surface area contributed by atoms with E-state index in [0.717, 1.165) is 0 Å². The van der Waals surface area contributed by atoms with Crippen LogP contribution in [0.15, 0.2) is 42.9 Å². The zero-order chi connectivity index (χ0) is 18.4. The van der Waals surface area contributed by atoms with Gasteiger partial charge < -0.3 is 19.9 Å². The predicted molar refractivity (Wildman–Crippen MR) is 98.1 cm³/mol. The molecule has 3 aromatic rings. The van der Waals surface area contributed by atoms with Gasteiger partial charge in [0, 0.05) is 17.1 Å². The molecule has 0 saturated heterocycles. The number of aliphatic hydroxyl groups excluding tert-OH is 3. The zero-order valence-corrected chi connectivity index (χ0v) is 15.1. The standard InChI is InChI=1S/C18H17Cl2N3O3/c19-10-3-1-9(2-4-10)14(24)12-7-13(16(26)15(12)25)23-6-5-11-17(20)21-8-22-18(11)23/h1-6,8,12-16,24-26H,7H2/t12-,13-,14?,15-,16+/m1/s1. The molecule has 136 valence electrons. The number of rotatable bonds is 3. The summed E-state index contributed by atoms with van der Waals surface area (Å²) in [7, 11) is 0. The van der Waals surface area contributed by atoms with Crippen LogP contribution in [0, 0.1) is 5.92 Å². The molecule has 8 heteroatoms. The highest BCUT2D eigenvalue weighted by atomic mass is 35.5. The van der Waals surface area contributed by atoms with Gasteiger partial charge in [0.05, 0.1) is 23.6 Å². The highest BCUT2D eigenvalue weighted by Gasteiger charge is 2.46. The minimum Gasteiger partial charge on any atom is -0.390 e. The first-order valence-electron chi connectivity index (χ1n) is 8.24. The van der Waals surface area contributed by atoms with Gasteiger partial charge in [0.25, 0.3) is 0 Å². The van der Waals surface area contributed by atoms with Crippen LogP contribution in [0.5, 0.6) is 0 Å². The maximum atomic E-state index is 10.7. The quantitative estimate of drug-likeness (QED) is 0.595. The maximum absolute atomic E-state index is 10.7. The van der Waals surface area contributed by atoms with Gasteiger partial charge in [-0.25, -0.2) is 9.97 Å². The molecule has 0 spiro atoms. The summed E-state index contributed by atoms with van der Waals surface area (Å²) in [6, 6.07) is 8.16. The third-order valence-corrected chi connectivity index (χ3v) is 5.68. The Balaban J connectivity index is 1.65. The summed E-state index contributed by atoms with van der Waals surface area (Å²) >= 11 is 12.0. The lowest BCUT2D eigenvalue weighted by Crippen LogP contribution is -2.31. The average Bonchev–Trinajstić information content (AvgIpc) is 3.18. The summed E-state index contributed by atoms with van der Waals surface area (Å²) in [6.45, 7) is 0. The molecule has 1 aliphatic rings. The second-order valence-corrected chi connectivity index (χ2v) is 7.36. The van der Waals surface area contributed by atoms with Gasteiger partial charge in [-0.2, -0.15) is 0 Å². The average molecular weight is 394 g/mol. The molecule has 2 aromatic heterocycles. The first-order chi connectivity index (χ1) is 12.5. The second kappa shape index (κ2) is 6.79. The molecule has 1 aromatic carbocycles. The smallest absolute Gasteiger partial charge is 0.145 e. The highest BCUT2D eigenvalue weighted by molar-refractivity contribution is 6.33. The van der Waals surface area contributed by atoms with Gasteiger partial charge >= 0.3 is 0 Å². The number of hydrogen-bond donors (Lipinski definition) is 3. The van der Waals surface area contributed by atoms with E-state index in [-0.39, 0.29) is 0 Å². The lowest BCUT2D eigenvalue weighted by molar-refractivity contribution is -0.0264. The third-order valence-electron chi connectivity index (χ3n) is 5.13. The Bertz CT molecular complexity index is 931. The SMILES string of the molecule is OC(c1ccc(Cl)cc1)[C@H]1C[C@@H](n2ccc3c(Cl)ncnc32)[C@H](O)[C@@H]1O. The molecule has 3 N–H and O–H groups in total. The van der Waals surface area contributed by atoms with Crippen molar-refractivity contribution in [2.45, 2.75) is 30.8 Å². The van der Waals surface area contributed by atoms with Gasteiger partial charge in [0.15, 0.2) is 0 Å². The van der Waals surface area contributed by atoms with Gasteiger partial charge in [-0.15, -0.1) is 0 Å². The van der Waals surface area contributed by atoms with E-state index in [0.29, 0.717) is 33.2 Å². The van der Waals surface area contributed by atoms with Crippen molar-refractivity contribution in [3.05, 3.63) is 58.6 Å². The van der Waals surface area contributed by atoms with E-state index >= 15 is 0 Å². The first kappa shape index (κ1) is 17.7. The molecular formula is C18H17Cl2N3O3. The number of aromatic nitrogens is 3. The Morgan fingerprint density at radius 2 is 1.77 bits per heavy atom. The molecular weight excluding hydrogens is 377 g/mol. The molecule has 0 amide bonds. The molecule has 0 aliphatic heterocycles. The number of hydrogen-bond acceptors (Lipinski definition) is 5. The van der Waals surface area contributed by atoms with E-state index in [4.69, 9.17) is 23.2 Å². The van der Waals surface area contributed by atoms with Crippen LogP contribution in [0.2, 0.25) is 10.2 Å². The van der Waals surface area contributed by atoms with Crippen molar-refractivity contribution in [3.8, 4) is 0 Å². The largest absolute Gasteiger partial charge is 0.390 e. The maximum Gasteiger partial charge on any atom is 0.145 e. The lowest BCUT2D eigenvalue weighted by atomic mass is 9.92. The Kier molecular flexibility index (Phi) is 4.62. The number of fused-ring (bicyclic) bond motifs is 1. The normalized spacial score (nSPS) is 27.1. The Hall–Kier alpha value is -1.70. The number of halogens is 2. The van der Waals surface area contributed by atoms with Crippen molar-refractivity contribution in [2.75, 3.05) is 0 Å². The fourth-order valence-electron chi connectivity index (χ4n) is 3.75. The van der Waals surface area contributed by atoms with Crippen molar-refractivity contribution >= 4 is 34.2 Å². The highest BCUT2D eigenvalue weighted by Crippen LogP contribution is 2.43. The van der Waals surface area contributed by atoms with Crippen LogP contribution in [-0.2, 0) is 0 Å². The van der Waals surface area contributed by atoms with Crippen molar-refractivity contribution in [2.24, 2.45) is 5.92 Å². The molecule has 2 heterocycles. The van der Waals surface area contributed by atoms with Crippen molar-refractivity contribution in [1.82, 2.24) is 14.5 Å². The van der Waals surface area contributed by atoms with Crippen molar-refractivity contribution in [3.63, 3.8) is 0 Å². The second-order valence-electron chi connectivity index (χ2n) is 6.57. The zero-order valence-electron chi connectivity index (χ0n) is 13.6. The van der Waals surface area contributed by atoms with E-state index in [1.807, 2.05) is 0 Å². The van der Waals surface area contributed by atoms with Crippen LogP contribution in [0.1, 0.15) is 24.1 Å². The molecule has 0 bridgehead atoms. The monoisotopic (exact) mass is 393 g/mol. The molecule has 26 heavy (non-hydrogen) atoms. The topological polar surface area (TPSA) is 91.4 Å². The lowest BCUT2D eigenvalue weighted by Gasteiger charge is -2.22. The van der Waals surface area contributed by atoms with E-state index < -0.39 is 30.3 Å². The van der Waals surface area contributed by atoms with Crippen molar-refractivity contribution in [1.29, 1.82) is 0 Å². The van der Waals surface area contributed by atoms with Crippen LogP contribution in [0.4, 0.5) is 0 Å². The molecule has 4 rings (SSSR count). The fourth-order valence-corrected chi connectivity index (χ4v) is 4.06. The van der Waals surface area contributed by atoms with Crippen molar-refractivity contribution < 1.29 is 15.3 Å². The van der Waals surface area contributed by atoms with Crippen LogP contribution < -0.4 is 0 Å². The minimum atomic E-state index is -1.07. The summed E-state index contributed by atoms with van der Waals surface area (Å²) in [5.41, 5.74) is 1.23. The van der Waals surface area contributed by atoms with Crippen LogP contribution in [0.25, 0.3) is 11.0 Å². The number of benzene rings is 1. The van der Waals surface area contributed by atoms with E-state index in [9.17, 15) is 15.3 Å². The number of nitrogens with zero attached hydrogens (tertiary/aromatic N) is 3. The van der Waals surface area contributed by atoms with Crippen LogP contribution in [0.3, 0.4) is 0 Å². The van der Waals surface area contributed by atoms with E-state index in [2.05, 4.69) is 9.97 Å². The summed E-state index contributed by atoms with van der Waals surface area (Å²) in [5.74, 6) is -0.522. The van der Waals surface area contributed by atoms with Gasteiger partial charge in [-0.05, 0) is 30.2 Å². The number of aliphatic hydroxyl groups is 3. The summed E-state index contributed by atoms with van der Waals surface area (Å²) in [6.07, 6.45) is 0.494. The molecule has 0 radical (unpaired) electrons. The Morgan fingerprint density at radius 3 is 2.50 bits per heavy atom. The summed E-state index contributed by atoms with van der Waals surface area (Å²) < 4.78 is 1.78.